The van der Waals surface area contributed by atoms with Gasteiger partial charge in [0.15, 0.2) is 11.0 Å². The fourth-order valence-electron chi connectivity index (χ4n) is 3.86. The number of hydrogen-bond acceptors (Lipinski definition) is 5. The molecule has 1 N–H and O–H groups in total. The second kappa shape index (κ2) is 12.8. The summed E-state index contributed by atoms with van der Waals surface area (Å²) in [5.41, 5.74) is 3.40. The van der Waals surface area contributed by atoms with Gasteiger partial charge >= 0.3 is 0 Å². The van der Waals surface area contributed by atoms with Crippen LogP contribution < -0.4 is 10.1 Å². The van der Waals surface area contributed by atoms with Crippen LogP contribution in [0.4, 0.5) is 0 Å². The molecule has 0 aliphatic heterocycles. The van der Waals surface area contributed by atoms with E-state index in [1.165, 1.54) is 22.9 Å². The molecule has 4 aromatic rings. The van der Waals surface area contributed by atoms with Gasteiger partial charge < -0.3 is 14.6 Å². The first-order valence-corrected chi connectivity index (χ1v) is 12.8. The number of aromatic nitrogens is 3. The number of hydrogen-bond donors (Lipinski definition) is 1. The van der Waals surface area contributed by atoms with E-state index in [2.05, 4.69) is 44.3 Å². The summed E-state index contributed by atoms with van der Waals surface area (Å²) in [6.07, 6.45) is 2.69. The van der Waals surface area contributed by atoms with Gasteiger partial charge in [0.05, 0.1) is 18.4 Å². The van der Waals surface area contributed by atoms with Crippen LogP contribution in [0.1, 0.15) is 17.5 Å². The minimum absolute atomic E-state index is 0.000451. The molecule has 6 nitrogen and oxygen atoms in total. The van der Waals surface area contributed by atoms with Crippen LogP contribution in [0.15, 0.2) is 90.1 Å². The topological polar surface area (TPSA) is 69.0 Å². The Morgan fingerprint density at radius 2 is 1.54 bits per heavy atom. The lowest BCUT2D eigenvalue weighted by Crippen LogP contribution is -2.26. The number of nitrogens with one attached hydrogen (secondary N) is 1. The van der Waals surface area contributed by atoms with E-state index in [4.69, 9.17) is 4.74 Å². The van der Waals surface area contributed by atoms with Crippen LogP contribution in [-0.2, 0) is 24.2 Å². The molecule has 0 saturated heterocycles. The van der Waals surface area contributed by atoms with E-state index in [-0.39, 0.29) is 5.91 Å². The average molecular weight is 487 g/mol. The zero-order valence-electron chi connectivity index (χ0n) is 19.9. The van der Waals surface area contributed by atoms with Gasteiger partial charge in [-0.1, -0.05) is 84.6 Å². The number of carbonyl (C=O) groups is 1. The first-order valence-electron chi connectivity index (χ1n) is 11.8. The molecule has 1 amide bonds. The van der Waals surface area contributed by atoms with Crippen molar-refractivity contribution in [3.8, 4) is 17.1 Å². The Bertz CT molecular complexity index is 1210. The summed E-state index contributed by atoms with van der Waals surface area (Å²) in [6, 6.07) is 28.4. The van der Waals surface area contributed by atoms with Gasteiger partial charge in [0.25, 0.3) is 0 Å². The largest absolute Gasteiger partial charge is 0.496 e. The Hall–Kier alpha value is -3.58. The second-order valence-corrected chi connectivity index (χ2v) is 9.06. The number of ether oxygens (including phenoxy) is 1. The molecule has 0 aliphatic carbocycles. The Kier molecular flexibility index (Phi) is 8.95. The number of carbonyl (C=O) groups excluding carboxylic acids is 1. The van der Waals surface area contributed by atoms with Gasteiger partial charge in [-0.2, -0.15) is 0 Å². The van der Waals surface area contributed by atoms with Gasteiger partial charge in [-0.25, -0.2) is 0 Å². The molecule has 1 heterocycles. The number of amides is 1. The van der Waals surface area contributed by atoms with Crippen LogP contribution in [-0.4, -0.2) is 40.1 Å². The van der Waals surface area contributed by atoms with E-state index in [1.54, 1.807) is 7.11 Å². The normalized spacial score (nSPS) is 10.8. The smallest absolute Gasteiger partial charge is 0.230 e. The first kappa shape index (κ1) is 24.5. The molecule has 4 rings (SSSR count). The summed E-state index contributed by atoms with van der Waals surface area (Å²) in [6.45, 7) is 1.35. The summed E-state index contributed by atoms with van der Waals surface area (Å²) in [4.78, 5) is 12.5. The van der Waals surface area contributed by atoms with E-state index >= 15 is 0 Å². The van der Waals surface area contributed by atoms with Crippen LogP contribution in [0.2, 0.25) is 0 Å². The molecule has 0 aliphatic rings. The van der Waals surface area contributed by atoms with E-state index in [1.807, 2.05) is 60.7 Å². The number of methoxy groups -OCH3 is 1. The van der Waals surface area contributed by atoms with Crippen molar-refractivity contribution in [2.24, 2.45) is 0 Å². The van der Waals surface area contributed by atoms with Crippen LogP contribution in [0.3, 0.4) is 0 Å². The molecule has 0 saturated carbocycles. The molecule has 180 valence electrons. The summed E-state index contributed by atoms with van der Waals surface area (Å²) in [7, 11) is 1.65. The highest BCUT2D eigenvalue weighted by molar-refractivity contribution is 7.99. The lowest BCUT2D eigenvalue weighted by atomic mass is 10.1. The van der Waals surface area contributed by atoms with E-state index in [0.29, 0.717) is 18.8 Å². The molecule has 0 atom stereocenters. The van der Waals surface area contributed by atoms with Gasteiger partial charge in [0.1, 0.15) is 5.75 Å². The predicted octanol–water partition coefficient (Wildman–Crippen LogP) is 5.04. The van der Waals surface area contributed by atoms with Crippen molar-refractivity contribution in [2.45, 2.75) is 31.0 Å². The van der Waals surface area contributed by atoms with E-state index in [9.17, 15) is 4.79 Å². The molecule has 0 spiro atoms. The highest BCUT2D eigenvalue weighted by Crippen LogP contribution is 2.31. The van der Waals surface area contributed by atoms with Crippen LogP contribution >= 0.6 is 11.8 Å². The maximum Gasteiger partial charge on any atom is 0.230 e. The van der Waals surface area contributed by atoms with Crippen molar-refractivity contribution in [1.82, 2.24) is 20.1 Å². The molecule has 35 heavy (non-hydrogen) atoms. The van der Waals surface area contributed by atoms with E-state index in [0.717, 1.165) is 41.6 Å². The zero-order chi connectivity index (χ0) is 24.3. The average Bonchev–Trinajstić information content (AvgIpc) is 3.32. The highest BCUT2D eigenvalue weighted by Gasteiger charge is 2.18. The van der Waals surface area contributed by atoms with Crippen LogP contribution in [0, 0.1) is 0 Å². The zero-order valence-corrected chi connectivity index (χ0v) is 20.7. The van der Waals surface area contributed by atoms with Crippen molar-refractivity contribution >= 4 is 17.7 Å². The molecule has 0 unspecified atom stereocenters. The van der Waals surface area contributed by atoms with Crippen molar-refractivity contribution in [1.29, 1.82) is 0 Å². The maximum atomic E-state index is 12.5. The minimum Gasteiger partial charge on any atom is -0.496 e. The van der Waals surface area contributed by atoms with Gasteiger partial charge in [0, 0.05) is 13.1 Å². The molecule has 7 heteroatoms. The van der Waals surface area contributed by atoms with Crippen molar-refractivity contribution in [3.05, 3.63) is 96.1 Å². The number of aryl methyl sites for hydroxylation is 2. The molecular weight excluding hydrogens is 456 g/mol. The third-order valence-electron chi connectivity index (χ3n) is 5.67. The number of para-hydroxylation sites is 1. The fraction of sp³-hybridized carbons (Fsp3) is 0.250. The first-order chi connectivity index (χ1) is 17.2. The Morgan fingerprint density at radius 1 is 0.886 bits per heavy atom. The number of rotatable bonds is 12. The van der Waals surface area contributed by atoms with Gasteiger partial charge in [-0.3, -0.25) is 4.79 Å². The second-order valence-electron chi connectivity index (χ2n) is 8.12. The number of nitrogens with zero attached hydrogens (tertiary/aromatic N) is 3. The summed E-state index contributed by atoms with van der Waals surface area (Å²) < 4.78 is 7.64. The molecule has 3 aromatic carbocycles. The van der Waals surface area contributed by atoms with Gasteiger partial charge in [-0.15, -0.1) is 10.2 Å². The maximum absolute atomic E-state index is 12.5. The number of thioether (sulfide) groups is 1. The Labute approximate surface area is 210 Å². The molecule has 0 radical (unpaired) electrons. The van der Waals surface area contributed by atoms with Crippen LogP contribution in [0.25, 0.3) is 11.4 Å². The van der Waals surface area contributed by atoms with Gasteiger partial charge in [0.2, 0.25) is 5.91 Å². The quantitative estimate of drug-likeness (QED) is 0.225. The van der Waals surface area contributed by atoms with Crippen LogP contribution in [0.5, 0.6) is 5.75 Å². The van der Waals surface area contributed by atoms with E-state index < -0.39 is 0 Å². The Balaban J connectivity index is 1.40. The molecule has 1 aromatic heterocycles. The SMILES string of the molecule is COc1ccccc1-c1nnc(SCC(=O)NCCCc2ccccc2)n1CCc1ccccc1. The van der Waals surface area contributed by atoms with Crippen molar-refractivity contribution in [3.63, 3.8) is 0 Å². The third-order valence-corrected chi connectivity index (χ3v) is 6.64. The van der Waals surface area contributed by atoms with Crippen molar-refractivity contribution in [2.75, 3.05) is 19.4 Å². The van der Waals surface area contributed by atoms with Gasteiger partial charge in [-0.05, 0) is 42.5 Å². The van der Waals surface area contributed by atoms with Crippen molar-refractivity contribution < 1.29 is 9.53 Å². The minimum atomic E-state index is -0.000451. The molecule has 0 fully saturated rings. The summed E-state index contributed by atoms with van der Waals surface area (Å²) in [5, 5.41) is 12.6. The molecular formula is C28H30N4O2S. The lowest BCUT2D eigenvalue weighted by Gasteiger charge is -2.12. The molecule has 0 bridgehead atoms. The standard InChI is InChI=1S/C28H30N4O2S/c1-34-25-17-9-8-16-24(25)27-30-31-28(32(27)20-18-23-13-6-3-7-14-23)35-21-26(33)29-19-10-15-22-11-4-2-5-12-22/h2-9,11-14,16-17H,10,15,18-21H2,1H3,(H,29,33). The summed E-state index contributed by atoms with van der Waals surface area (Å²) in [5.74, 6) is 1.78. The monoisotopic (exact) mass is 486 g/mol. The fourth-order valence-corrected chi connectivity index (χ4v) is 4.65. The highest BCUT2D eigenvalue weighted by atomic mass is 32.2. The predicted molar refractivity (Wildman–Crippen MR) is 141 cm³/mol. The lowest BCUT2D eigenvalue weighted by molar-refractivity contribution is -0.118. The number of benzene rings is 3. The third kappa shape index (κ3) is 6.96. The summed E-state index contributed by atoms with van der Waals surface area (Å²) >= 11 is 1.41. The Morgan fingerprint density at radius 3 is 2.26 bits per heavy atom.